The van der Waals surface area contributed by atoms with Gasteiger partial charge in [-0.1, -0.05) is 29.8 Å². The zero-order valence-corrected chi connectivity index (χ0v) is 11.0. The molecule has 0 heterocycles. The maximum absolute atomic E-state index is 12.2. The smallest absolute Gasteiger partial charge is 0.228 e. The summed E-state index contributed by atoms with van der Waals surface area (Å²) in [5, 5.41) is 15.1. The number of rotatable bonds is 3. The van der Waals surface area contributed by atoms with Crippen molar-refractivity contribution in [2.24, 2.45) is 22.9 Å². The van der Waals surface area contributed by atoms with Crippen molar-refractivity contribution in [3.63, 3.8) is 0 Å². The van der Waals surface area contributed by atoms with E-state index in [1.54, 1.807) is 6.92 Å². The summed E-state index contributed by atoms with van der Waals surface area (Å²) < 4.78 is 0. The number of para-hydroxylation sites is 1. The van der Waals surface area contributed by atoms with Crippen LogP contribution in [-0.4, -0.2) is 16.8 Å². The number of oxime groups is 1. The van der Waals surface area contributed by atoms with E-state index in [0.29, 0.717) is 17.5 Å². The third-order valence-corrected chi connectivity index (χ3v) is 4.43. The third-order valence-electron chi connectivity index (χ3n) is 4.43. The molecular weight excluding hydrogens is 240 g/mol. The van der Waals surface area contributed by atoms with Gasteiger partial charge in [-0.15, -0.1) is 0 Å². The Bertz CT molecular complexity index is 529. The number of benzene rings is 1. The summed E-state index contributed by atoms with van der Waals surface area (Å²) in [7, 11) is 0. The maximum atomic E-state index is 12.2. The Kier molecular flexibility index (Phi) is 3.01. The van der Waals surface area contributed by atoms with Gasteiger partial charge in [0.15, 0.2) is 0 Å². The van der Waals surface area contributed by atoms with Crippen molar-refractivity contribution in [2.45, 2.75) is 26.2 Å². The molecule has 2 atom stereocenters. The second kappa shape index (κ2) is 4.68. The minimum Gasteiger partial charge on any atom is -0.411 e. The molecule has 2 fully saturated rings. The summed E-state index contributed by atoms with van der Waals surface area (Å²) in [5.74, 6) is 1.54. The average Bonchev–Trinajstić information content (AvgIpc) is 2.92. The quantitative estimate of drug-likeness (QED) is 0.497. The summed E-state index contributed by atoms with van der Waals surface area (Å²) in [5.41, 5.74) is 2.00. The first-order valence-electron chi connectivity index (χ1n) is 6.81. The van der Waals surface area contributed by atoms with Crippen molar-refractivity contribution in [3.05, 3.63) is 29.8 Å². The molecule has 0 saturated heterocycles. The second-order valence-electron chi connectivity index (χ2n) is 5.50. The number of amides is 1. The minimum atomic E-state index is 0.118. The van der Waals surface area contributed by atoms with Crippen molar-refractivity contribution in [3.8, 4) is 0 Å². The van der Waals surface area contributed by atoms with Crippen molar-refractivity contribution in [1.82, 2.24) is 0 Å². The van der Waals surface area contributed by atoms with Crippen LogP contribution >= 0.6 is 0 Å². The van der Waals surface area contributed by atoms with E-state index in [4.69, 9.17) is 5.21 Å². The molecule has 2 aliphatic carbocycles. The lowest BCUT2D eigenvalue weighted by molar-refractivity contribution is -0.118. The van der Waals surface area contributed by atoms with Gasteiger partial charge in [-0.3, -0.25) is 4.79 Å². The number of hydrogen-bond acceptors (Lipinski definition) is 3. The maximum Gasteiger partial charge on any atom is 0.228 e. The van der Waals surface area contributed by atoms with E-state index in [0.717, 1.165) is 11.3 Å². The molecule has 100 valence electrons. The number of carbonyl (C=O) groups is 1. The highest BCUT2D eigenvalue weighted by Gasteiger charge is 2.56. The standard InChI is InChI=1S/C15H18N2O2/c1-9(17-19)10-5-2-3-8-13(10)16-15(18)14-11-6-4-7-12(11)14/h2-3,5,8,11-12,14,19H,4,6-7H2,1H3,(H,16,18)/b17-9-. The van der Waals surface area contributed by atoms with Crippen molar-refractivity contribution < 1.29 is 10.0 Å². The van der Waals surface area contributed by atoms with Gasteiger partial charge >= 0.3 is 0 Å². The van der Waals surface area contributed by atoms with Crippen LogP contribution < -0.4 is 5.32 Å². The van der Waals surface area contributed by atoms with Gasteiger partial charge in [0, 0.05) is 17.2 Å². The normalized spacial score (nSPS) is 28.9. The van der Waals surface area contributed by atoms with Crippen LogP contribution in [0.3, 0.4) is 0 Å². The Balaban J connectivity index is 1.75. The summed E-state index contributed by atoms with van der Waals surface area (Å²) >= 11 is 0. The summed E-state index contributed by atoms with van der Waals surface area (Å²) in [6.07, 6.45) is 3.66. The summed E-state index contributed by atoms with van der Waals surface area (Å²) in [6.45, 7) is 1.72. The highest BCUT2D eigenvalue weighted by atomic mass is 16.4. The molecule has 2 unspecified atom stereocenters. The molecule has 2 saturated carbocycles. The third kappa shape index (κ3) is 2.11. The molecule has 2 N–H and O–H groups in total. The molecule has 0 radical (unpaired) electrons. The first kappa shape index (κ1) is 12.2. The van der Waals surface area contributed by atoms with Crippen molar-refractivity contribution in [1.29, 1.82) is 0 Å². The molecule has 19 heavy (non-hydrogen) atoms. The van der Waals surface area contributed by atoms with E-state index in [9.17, 15) is 4.79 Å². The molecule has 3 rings (SSSR count). The van der Waals surface area contributed by atoms with Gasteiger partial charge in [0.2, 0.25) is 5.91 Å². The number of nitrogens with one attached hydrogen (secondary N) is 1. The van der Waals surface area contributed by atoms with Gasteiger partial charge in [0.05, 0.1) is 5.71 Å². The highest BCUT2D eigenvalue weighted by Crippen LogP contribution is 2.57. The van der Waals surface area contributed by atoms with Crippen LogP contribution in [0.25, 0.3) is 0 Å². The first-order valence-corrected chi connectivity index (χ1v) is 6.81. The van der Waals surface area contributed by atoms with Gasteiger partial charge < -0.3 is 10.5 Å². The molecule has 4 nitrogen and oxygen atoms in total. The zero-order valence-electron chi connectivity index (χ0n) is 11.0. The molecule has 0 spiro atoms. The molecule has 2 aliphatic rings. The molecular formula is C15H18N2O2. The van der Waals surface area contributed by atoms with Gasteiger partial charge in [-0.2, -0.15) is 0 Å². The lowest BCUT2D eigenvalue weighted by Crippen LogP contribution is -2.18. The Morgan fingerprint density at radius 2 is 2.00 bits per heavy atom. The molecule has 0 bridgehead atoms. The van der Waals surface area contributed by atoms with Crippen LogP contribution in [0.15, 0.2) is 29.4 Å². The summed E-state index contributed by atoms with van der Waals surface area (Å²) in [6, 6.07) is 7.43. The number of carbonyl (C=O) groups excluding carboxylic acids is 1. The Morgan fingerprint density at radius 1 is 1.32 bits per heavy atom. The zero-order chi connectivity index (χ0) is 13.4. The largest absolute Gasteiger partial charge is 0.411 e. The molecule has 1 aromatic rings. The Morgan fingerprint density at radius 3 is 2.68 bits per heavy atom. The molecule has 1 amide bonds. The number of hydrogen-bond donors (Lipinski definition) is 2. The monoisotopic (exact) mass is 258 g/mol. The summed E-state index contributed by atoms with van der Waals surface area (Å²) in [4.78, 5) is 12.2. The second-order valence-corrected chi connectivity index (χ2v) is 5.50. The highest BCUT2D eigenvalue weighted by molar-refractivity contribution is 6.07. The van der Waals surface area contributed by atoms with Gasteiger partial charge in [-0.25, -0.2) is 0 Å². The predicted octanol–water partition coefficient (Wildman–Crippen LogP) is 2.87. The first-order chi connectivity index (χ1) is 9.22. The fourth-order valence-electron chi connectivity index (χ4n) is 3.39. The lowest BCUT2D eigenvalue weighted by Gasteiger charge is -2.11. The average molecular weight is 258 g/mol. The topological polar surface area (TPSA) is 61.7 Å². The van der Waals surface area contributed by atoms with Crippen LogP contribution in [-0.2, 0) is 4.79 Å². The van der Waals surface area contributed by atoms with Gasteiger partial charge in [0.1, 0.15) is 0 Å². The number of nitrogens with zero attached hydrogens (tertiary/aromatic N) is 1. The fourth-order valence-corrected chi connectivity index (χ4v) is 3.39. The van der Waals surface area contributed by atoms with Crippen LogP contribution in [0.2, 0.25) is 0 Å². The Hall–Kier alpha value is -1.84. The minimum absolute atomic E-state index is 0.118. The van der Waals surface area contributed by atoms with E-state index in [-0.39, 0.29) is 11.8 Å². The van der Waals surface area contributed by atoms with E-state index < -0.39 is 0 Å². The van der Waals surface area contributed by atoms with Gasteiger partial charge in [0.25, 0.3) is 0 Å². The number of anilines is 1. The van der Waals surface area contributed by atoms with E-state index in [1.807, 2.05) is 24.3 Å². The van der Waals surface area contributed by atoms with Crippen LogP contribution in [0.4, 0.5) is 5.69 Å². The van der Waals surface area contributed by atoms with Crippen molar-refractivity contribution >= 4 is 17.3 Å². The van der Waals surface area contributed by atoms with Crippen LogP contribution in [0.1, 0.15) is 31.7 Å². The van der Waals surface area contributed by atoms with Crippen molar-refractivity contribution in [2.75, 3.05) is 5.32 Å². The van der Waals surface area contributed by atoms with E-state index in [1.165, 1.54) is 19.3 Å². The number of fused-ring (bicyclic) bond motifs is 1. The Labute approximate surface area is 112 Å². The van der Waals surface area contributed by atoms with Crippen LogP contribution in [0, 0.1) is 17.8 Å². The van der Waals surface area contributed by atoms with Gasteiger partial charge in [-0.05, 0) is 37.7 Å². The molecule has 0 aromatic heterocycles. The molecule has 1 aromatic carbocycles. The van der Waals surface area contributed by atoms with E-state index in [2.05, 4.69) is 10.5 Å². The predicted molar refractivity (Wildman–Crippen MR) is 73.4 cm³/mol. The molecule has 4 heteroatoms. The SMILES string of the molecule is C/C(=N/O)c1ccccc1NC(=O)C1C2CCCC21. The van der Waals surface area contributed by atoms with E-state index >= 15 is 0 Å². The fraction of sp³-hybridized carbons (Fsp3) is 0.467. The molecule has 0 aliphatic heterocycles. The van der Waals surface area contributed by atoms with Crippen LogP contribution in [0.5, 0.6) is 0 Å². The lowest BCUT2D eigenvalue weighted by atomic mass is 10.1.